The Balaban J connectivity index is 1.11. The number of rotatable bonds is 9. The van der Waals surface area contributed by atoms with Crippen molar-refractivity contribution in [3.8, 4) is 90.0 Å². The molecule has 0 saturated carbocycles. The van der Waals surface area contributed by atoms with Gasteiger partial charge in [-0.3, -0.25) is 0 Å². The summed E-state index contributed by atoms with van der Waals surface area (Å²) in [5, 5.41) is 4.79. The molecule has 3 aromatic heterocycles. The molecule has 0 radical (unpaired) electrons. The lowest BCUT2D eigenvalue weighted by atomic mass is 9.91. The highest BCUT2D eigenvalue weighted by molar-refractivity contribution is 6.19. The zero-order chi connectivity index (χ0) is 49.0. The second-order valence-corrected chi connectivity index (χ2v) is 18.8. The van der Waals surface area contributed by atoms with Crippen molar-refractivity contribution in [2.45, 2.75) is 0 Å². The van der Waals surface area contributed by atoms with E-state index in [2.05, 4.69) is 246 Å². The molecule has 0 spiro atoms. The molecule has 0 fully saturated rings. The molecule has 11 aromatic carbocycles. The molecule has 0 N–H and O–H groups in total. The van der Waals surface area contributed by atoms with Gasteiger partial charge in [-0.25, -0.2) is 15.0 Å². The van der Waals surface area contributed by atoms with E-state index < -0.39 is 0 Å². The summed E-state index contributed by atoms with van der Waals surface area (Å²) in [5.74, 6) is 1.81. The van der Waals surface area contributed by atoms with E-state index in [1.807, 2.05) is 36.4 Å². The molecule has 346 valence electrons. The molecule has 74 heavy (non-hydrogen) atoms. The minimum absolute atomic E-state index is 0.588. The summed E-state index contributed by atoms with van der Waals surface area (Å²) in [6.07, 6.45) is 0. The number of hydrogen-bond acceptors (Lipinski definition) is 3. The fourth-order valence-electron chi connectivity index (χ4n) is 10.9. The highest BCUT2D eigenvalue weighted by Gasteiger charge is 2.25. The fourth-order valence-corrected chi connectivity index (χ4v) is 10.9. The minimum Gasteiger partial charge on any atom is -0.309 e. The average molecular weight is 944 g/mol. The van der Waals surface area contributed by atoms with Gasteiger partial charge in [0, 0.05) is 55.0 Å². The first-order valence-corrected chi connectivity index (χ1v) is 25.1. The zero-order valence-corrected chi connectivity index (χ0v) is 40.2. The van der Waals surface area contributed by atoms with Gasteiger partial charge in [-0.1, -0.05) is 224 Å². The van der Waals surface area contributed by atoms with Crippen LogP contribution in [0, 0.1) is 0 Å². The Morgan fingerprint density at radius 1 is 0.216 bits per heavy atom. The van der Waals surface area contributed by atoms with Crippen LogP contribution in [0.2, 0.25) is 0 Å². The van der Waals surface area contributed by atoms with E-state index in [9.17, 15) is 0 Å². The van der Waals surface area contributed by atoms with Gasteiger partial charge in [-0.05, 0) is 81.9 Å². The molecule has 0 bridgehead atoms. The number of aromatic nitrogens is 5. The molecule has 14 aromatic rings. The summed E-state index contributed by atoms with van der Waals surface area (Å²) >= 11 is 0. The van der Waals surface area contributed by atoms with Gasteiger partial charge in [0.25, 0.3) is 0 Å². The molecule has 0 aliphatic rings. The molecule has 14 rings (SSSR count). The van der Waals surface area contributed by atoms with E-state index in [1.54, 1.807) is 0 Å². The highest BCUT2D eigenvalue weighted by atomic mass is 15.0. The first-order valence-electron chi connectivity index (χ1n) is 25.1. The number of para-hydroxylation sites is 3. The highest BCUT2D eigenvalue weighted by Crippen LogP contribution is 2.46. The van der Waals surface area contributed by atoms with Crippen LogP contribution < -0.4 is 0 Å². The van der Waals surface area contributed by atoms with Gasteiger partial charge in [0.15, 0.2) is 17.5 Å². The SMILES string of the molecule is c1ccc(-c2ccc(-c3cc(-c4nc(-c5ccccc5)nc(-c5ccccc5)n4)cc(-c4ccc(-c5ccccc5)cc4)c3-n3c4ccccc4c4cc5c6ccccc6n(-c6ccccc6)c5cc43)cc2)cc1. The Morgan fingerprint density at radius 3 is 1.01 bits per heavy atom. The summed E-state index contributed by atoms with van der Waals surface area (Å²) in [4.78, 5) is 15.8. The van der Waals surface area contributed by atoms with Gasteiger partial charge >= 0.3 is 0 Å². The smallest absolute Gasteiger partial charge is 0.164 e. The number of hydrogen-bond donors (Lipinski definition) is 0. The van der Waals surface area contributed by atoms with E-state index in [0.717, 1.165) is 78.0 Å². The molecule has 0 amide bonds. The first kappa shape index (κ1) is 42.9. The van der Waals surface area contributed by atoms with Crippen molar-refractivity contribution < 1.29 is 0 Å². The molecule has 0 saturated heterocycles. The average Bonchev–Trinajstić information content (AvgIpc) is 3.99. The van der Waals surface area contributed by atoms with Gasteiger partial charge < -0.3 is 9.13 Å². The van der Waals surface area contributed by atoms with Gasteiger partial charge in [0.1, 0.15) is 0 Å². The van der Waals surface area contributed by atoms with Crippen LogP contribution in [0.25, 0.3) is 134 Å². The van der Waals surface area contributed by atoms with Crippen molar-refractivity contribution in [2.75, 3.05) is 0 Å². The summed E-state index contributed by atoms with van der Waals surface area (Å²) in [7, 11) is 0. The van der Waals surface area contributed by atoms with Crippen molar-refractivity contribution in [2.24, 2.45) is 0 Å². The Bertz CT molecular complexity index is 4190. The lowest BCUT2D eigenvalue weighted by Gasteiger charge is -2.21. The Hall–Kier alpha value is -9.97. The Labute approximate surface area is 428 Å². The van der Waals surface area contributed by atoms with Crippen LogP contribution in [0.15, 0.2) is 273 Å². The molecular weight excluding hydrogens is 899 g/mol. The van der Waals surface area contributed by atoms with E-state index >= 15 is 0 Å². The third-order valence-electron chi connectivity index (χ3n) is 14.4. The van der Waals surface area contributed by atoms with E-state index in [0.29, 0.717) is 17.5 Å². The van der Waals surface area contributed by atoms with Crippen LogP contribution in [0.3, 0.4) is 0 Å². The normalized spacial score (nSPS) is 11.5. The van der Waals surface area contributed by atoms with Gasteiger partial charge in [-0.2, -0.15) is 0 Å². The zero-order valence-electron chi connectivity index (χ0n) is 40.2. The van der Waals surface area contributed by atoms with Gasteiger partial charge in [0.05, 0.1) is 27.8 Å². The Kier molecular flexibility index (Phi) is 10.4. The standard InChI is InChI=1S/C69H45N5/c1-6-20-46(21-7-1)48-34-38-50(39-35-48)58-42-54(69-71-67(52-24-10-3-11-25-52)70-68(72-69)53-26-12-4-13-27-53)43-59(51-40-36-49(37-41-51)47-22-8-2-9-23-47)66(58)74-63-33-19-17-31-57(63)61-44-60-56-30-16-18-32-62(56)73(64(60)45-65(61)74)55-28-14-5-15-29-55/h1-45H. The second-order valence-electron chi connectivity index (χ2n) is 18.8. The van der Waals surface area contributed by atoms with Crippen molar-refractivity contribution in [3.05, 3.63) is 273 Å². The quantitative estimate of drug-likeness (QED) is 0.145. The van der Waals surface area contributed by atoms with Crippen LogP contribution >= 0.6 is 0 Å². The van der Waals surface area contributed by atoms with Crippen LogP contribution in [0.5, 0.6) is 0 Å². The maximum atomic E-state index is 5.33. The molecule has 0 unspecified atom stereocenters. The molecular formula is C69H45N5. The molecule has 0 atom stereocenters. The number of nitrogens with zero attached hydrogens (tertiary/aromatic N) is 5. The van der Waals surface area contributed by atoms with E-state index in [-0.39, 0.29) is 0 Å². The third-order valence-corrected chi connectivity index (χ3v) is 14.4. The van der Waals surface area contributed by atoms with E-state index in [1.165, 1.54) is 38.2 Å². The van der Waals surface area contributed by atoms with Crippen molar-refractivity contribution in [1.82, 2.24) is 24.1 Å². The molecule has 0 aliphatic carbocycles. The second kappa shape index (κ2) is 18.0. The van der Waals surface area contributed by atoms with Crippen LogP contribution in [0.1, 0.15) is 0 Å². The van der Waals surface area contributed by atoms with E-state index in [4.69, 9.17) is 15.0 Å². The maximum Gasteiger partial charge on any atom is 0.164 e. The molecule has 5 heteroatoms. The largest absolute Gasteiger partial charge is 0.309 e. The predicted molar refractivity (Wildman–Crippen MR) is 307 cm³/mol. The van der Waals surface area contributed by atoms with Crippen LogP contribution in [0.4, 0.5) is 0 Å². The summed E-state index contributed by atoms with van der Waals surface area (Å²) in [6, 6.07) is 97.5. The maximum absolute atomic E-state index is 5.33. The molecule has 0 aliphatic heterocycles. The number of benzene rings is 11. The topological polar surface area (TPSA) is 48.5 Å². The molecule has 3 heterocycles. The van der Waals surface area contributed by atoms with Crippen molar-refractivity contribution >= 4 is 43.6 Å². The van der Waals surface area contributed by atoms with Gasteiger partial charge in [-0.15, -0.1) is 0 Å². The third kappa shape index (κ3) is 7.46. The monoisotopic (exact) mass is 943 g/mol. The Morgan fingerprint density at radius 2 is 0.554 bits per heavy atom. The lowest BCUT2D eigenvalue weighted by Crippen LogP contribution is -2.04. The van der Waals surface area contributed by atoms with Crippen molar-refractivity contribution in [3.63, 3.8) is 0 Å². The van der Waals surface area contributed by atoms with Crippen molar-refractivity contribution in [1.29, 1.82) is 0 Å². The lowest BCUT2D eigenvalue weighted by molar-refractivity contribution is 1.07. The first-order chi connectivity index (χ1) is 36.7. The summed E-state index contributed by atoms with van der Waals surface area (Å²) < 4.78 is 4.93. The van der Waals surface area contributed by atoms with Crippen LogP contribution in [-0.4, -0.2) is 24.1 Å². The fraction of sp³-hybridized carbons (Fsp3) is 0. The summed E-state index contributed by atoms with van der Waals surface area (Å²) in [6.45, 7) is 0. The predicted octanol–water partition coefficient (Wildman–Crippen LogP) is 17.7. The van der Waals surface area contributed by atoms with Gasteiger partial charge in [0.2, 0.25) is 0 Å². The minimum atomic E-state index is 0.588. The van der Waals surface area contributed by atoms with Crippen LogP contribution in [-0.2, 0) is 0 Å². The number of fused-ring (bicyclic) bond motifs is 6. The molecule has 5 nitrogen and oxygen atoms in total. The summed E-state index contributed by atoms with van der Waals surface area (Å²) in [5.41, 5.74) is 18.3.